The molecule has 0 saturated heterocycles. The standard InChI is InChI=1S/C13H10FN3S/c1-9(10-2-4-11(14)5-3-10)18-13-12(8-15)16-6-7-17-13/h2-7,9H,1H3. The molecule has 1 heterocycles. The van der Waals surface area contributed by atoms with Gasteiger partial charge in [-0.3, -0.25) is 0 Å². The minimum Gasteiger partial charge on any atom is -0.245 e. The summed E-state index contributed by atoms with van der Waals surface area (Å²) in [7, 11) is 0. The first-order chi connectivity index (χ1) is 8.70. The van der Waals surface area contributed by atoms with Crippen LogP contribution in [0.4, 0.5) is 4.39 Å². The molecule has 0 N–H and O–H groups in total. The monoisotopic (exact) mass is 259 g/mol. The first kappa shape index (κ1) is 12.5. The molecule has 0 amide bonds. The smallest absolute Gasteiger partial charge is 0.172 e. The number of hydrogen-bond donors (Lipinski definition) is 0. The quantitative estimate of drug-likeness (QED) is 0.793. The van der Waals surface area contributed by atoms with Gasteiger partial charge in [0.05, 0.1) is 0 Å². The maximum Gasteiger partial charge on any atom is 0.172 e. The van der Waals surface area contributed by atoms with E-state index in [9.17, 15) is 4.39 Å². The molecular formula is C13H10FN3S. The van der Waals surface area contributed by atoms with E-state index in [0.29, 0.717) is 10.7 Å². The SMILES string of the molecule is CC(Sc1nccnc1C#N)c1ccc(F)cc1. The molecule has 0 saturated carbocycles. The number of hydrogen-bond acceptors (Lipinski definition) is 4. The topological polar surface area (TPSA) is 49.6 Å². The van der Waals surface area contributed by atoms with Gasteiger partial charge in [0.1, 0.15) is 16.9 Å². The lowest BCUT2D eigenvalue weighted by Crippen LogP contribution is -1.94. The largest absolute Gasteiger partial charge is 0.245 e. The molecule has 2 aromatic rings. The summed E-state index contributed by atoms with van der Waals surface area (Å²) in [4.78, 5) is 8.09. The highest BCUT2D eigenvalue weighted by atomic mass is 32.2. The summed E-state index contributed by atoms with van der Waals surface area (Å²) in [5.74, 6) is -0.256. The predicted molar refractivity (Wildman–Crippen MR) is 67.4 cm³/mol. The van der Waals surface area contributed by atoms with E-state index in [1.165, 1.54) is 30.1 Å². The number of halogens is 1. The van der Waals surface area contributed by atoms with E-state index in [4.69, 9.17) is 5.26 Å². The van der Waals surface area contributed by atoms with Crippen LogP contribution in [-0.2, 0) is 0 Å². The van der Waals surface area contributed by atoms with E-state index in [-0.39, 0.29) is 11.1 Å². The molecule has 0 aliphatic rings. The molecule has 0 aliphatic heterocycles. The molecule has 3 nitrogen and oxygen atoms in total. The third-order valence-corrected chi connectivity index (χ3v) is 3.55. The maximum atomic E-state index is 12.8. The molecule has 5 heteroatoms. The van der Waals surface area contributed by atoms with Crippen molar-refractivity contribution < 1.29 is 4.39 Å². The van der Waals surface area contributed by atoms with Crippen LogP contribution in [-0.4, -0.2) is 9.97 Å². The molecule has 1 aromatic carbocycles. The molecule has 90 valence electrons. The summed E-state index contributed by atoms with van der Waals surface area (Å²) in [6, 6.07) is 8.32. The number of nitriles is 1. The van der Waals surface area contributed by atoms with Gasteiger partial charge in [0, 0.05) is 17.6 Å². The van der Waals surface area contributed by atoms with Gasteiger partial charge in [-0.1, -0.05) is 23.9 Å². The summed E-state index contributed by atoms with van der Waals surface area (Å²) in [5, 5.41) is 9.60. The molecule has 0 aliphatic carbocycles. The van der Waals surface area contributed by atoms with Crippen LogP contribution in [0.1, 0.15) is 23.4 Å². The lowest BCUT2D eigenvalue weighted by atomic mass is 10.2. The summed E-state index contributed by atoms with van der Waals surface area (Å²) < 4.78 is 12.8. The second-order valence-electron chi connectivity index (χ2n) is 3.63. The Morgan fingerprint density at radius 1 is 1.22 bits per heavy atom. The van der Waals surface area contributed by atoms with Crippen molar-refractivity contribution in [1.82, 2.24) is 9.97 Å². The molecule has 1 unspecified atom stereocenters. The van der Waals surface area contributed by atoms with E-state index >= 15 is 0 Å². The molecular weight excluding hydrogens is 249 g/mol. The number of aromatic nitrogens is 2. The van der Waals surface area contributed by atoms with Gasteiger partial charge in [-0.05, 0) is 24.6 Å². The molecule has 1 aromatic heterocycles. The van der Waals surface area contributed by atoms with E-state index < -0.39 is 0 Å². The van der Waals surface area contributed by atoms with E-state index in [1.807, 2.05) is 13.0 Å². The van der Waals surface area contributed by atoms with E-state index in [2.05, 4.69) is 9.97 Å². The zero-order chi connectivity index (χ0) is 13.0. The van der Waals surface area contributed by atoms with Crippen molar-refractivity contribution in [3.63, 3.8) is 0 Å². The van der Waals surface area contributed by atoms with Crippen LogP contribution >= 0.6 is 11.8 Å². The minimum atomic E-state index is -0.256. The molecule has 0 fully saturated rings. The van der Waals surface area contributed by atoms with Gasteiger partial charge in [0.15, 0.2) is 5.69 Å². The van der Waals surface area contributed by atoms with Crippen LogP contribution in [0.2, 0.25) is 0 Å². The number of rotatable bonds is 3. The molecule has 0 spiro atoms. The molecule has 1 atom stereocenters. The summed E-state index contributed by atoms with van der Waals surface area (Å²) >= 11 is 1.44. The number of thioether (sulfide) groups is 1. The Labute approximate surface area is 109 Å². The van der Waals surface area contributed by atoms with Crippen molar-refractivity contribution in [2.24, 2.45) is 0 Å². The Bertz CT molecular complexity index is 578. The summed E-state index contributed by atoms with van der Waals surface area (Å²) in [6.45, 7) is 1.98. The highest BCUT2D eigenvalue weighted by Crippen LogP contribution is 2.34. The van der Waals surface area contributed by atoms with Crippen molar-refractivity contribution in [2.45, 2.75) is 17.2 Å². The van der Waals surface area contributed by atoms with Gasteiger partial charge in [-0.25, -0.2) is 14.4 Å². The van der Waals surface area contributed by atoms with Crippen molar-refractivity contribution >= 4 is 11.8 Å². The highest BCUT2D eigenvalue weighted by molar-refractivity contribution is 7.99. The van der Waals surface area contributed by atoms with E-state index in [1.54, 1.807) is 18.3 Å². The van der Waals surface area contributed by atoms with Crippen molar-refractivity contribution in [3.05, 3.63) is 53.7 Å². The molecule has 2 rings (SSSR count). The molecule has 0 bridgehead atoms. The predicted octanol–water partition coefficient (Wildman–Crippen LogP) is 3.34. The second-order valence-corrected chi connectivity index (χ2v) is 4.96. The average molecular weight is 259 g/mol. The first-order valence-electron chi connectivity index (χ1n) is 5.34. The van der Waals surface area contributed by atoms with Gasteiger partial charge >= 0.3 is 0 Å². The van der Waals surface area contributed by atoms with Crippen molar-refractivity contribution in [2.75, 3.05) is 0 Å². The first-order valence-corrected chi connectivity index (χ1v) is 6.22. The average Bonchev–Trinajstić information content (AvgIpc) is 2.40. The summed E-state index contributed by atoms with van der Waals surface area (Å²) in [5.41, 5.74) is 1.30. The third kappa shape index (κ3) is 2.84. The second kappa shape index (κ2) is 5.61. The van der Waals surface area contributed by atoms with Gasteiger partial charge in [-0.15, -0.1) is 0 Å². The van der Waals surface area contributed by atoms with Gasteiger partial charge in [0.2, 0.25) is 0 Å². The fourth-order valence-electron chi connectivity index (χ4n) is 1.46. The Hall–Kier alpha value is -1.93. The zero-order valence-corrected chi connectivity index (χ0v) is 10.5. The third-order valence-electron chi connectivity index (χ3n) is 2.40. The summed E-state index contributed by atoms with van der Waals surface area (Å²) in [6.07, 6.45) is 3.05. The van der Waals surface area contributed by atoms with Crippen LogP contribution in [0.5, 0.6) is 0 Å². The van der Waals surface area contributed by atoms with Gasteiger partial charge < -0.3 is 0 Å². The Kier molecular flexibility index (Phi) is 3.90. The highest BCUT2D eigenvalue weighted by Gasteiger charge is 2.12. The minimum absolute atomic E-state index is 0.0781. The lowest BCUT2D eigenvalue weighted by Gasteiger charge is -2.11. The van der Waals surface area contributed by atoms with Crippen LogP contribution in [0.15, 0.2) is 41.7 Å². The fraction of sp³-hybridized carbons (Fsp3) is 0.154. The zero-order valence-electron chi connectivity index (χ0n) is 9.67. The van der Waals surface area contributed by atoms with Crippen LogP contribution < -0.4 is 0 Å². The normalized spacial score (nSPS) is 11.8. The molecule has 18 heavy (non-hydrogen) atoms. The number of benzene rings is 1. The van der Waals surface area contributed by atoms with E-state index in [0.717, 1.165) is 5.56 Å². The number of nitrogens with zero attached hydrogens (tertiary/aromatic N) is 3. The van der Waals surface area contributed by atoms with Crippen molar-refractivity contribution in [3.8, 4) is 6.07 Å². The van der Waals surface area contributed by atoms with Gasteiger partial charge in [0.25, 0.3) is 0 Å². The fourth-order valence-corrected chi connectivity index (χ4v) is 2.42. The van der Waals surface area contributed by atoms with Gasteiger partial charge in [-0.2, -0.15) is 5.26 Å². The van der Waals surface area contributed by atoms with Crippen molar-refractivity contribution in [1.29, 1.82) is 5.26 Å². The Balaban J connectivity index is 2.19. The lowest BCUT2D eigenvalue weighted by molar-refractivity contribution is 0.627. The van der Waals surface area contributed by atoms with Crippen LogP contribution in [0, 0.1) is 17.1 Å². The van der Waals surface area contributed by atoms with Crippen LogP contribution in [0.3, 0.4) is 0 Å². The maximum absolute atomic E-state index is 12.8. The Morgan fingerprint density at radius 3 is 2.56 bits per heavy atom. The Morgan fingerprint density at radius 2 is 1.89 bits per heavy atom. The molecule has 0 radical (unpaired) electrons. The van der Waals surface area contributed by atoms with Crippen LogP contribution in [0.25, 0.3) is 0 Å².